The maximum Gasteiger partial charge on any atom is 0.337 e. The number of aromatic carboxylic acids is 1. The highest BCUT2D eigenvalue weighted by molar-refractivity contribution is 5.94. The summed E-state index contributed by atoms with van der Waals surface area (Å²) in [4.78, 5) is 10.9. The number of benzene rings is 1. The number of carboxylic acids is 1. The molecule has 0 fully saturated rings. The van der Waals surface area contributed by atoms with Crippen LogP contribution in [-0.2, 0) is 0 Å². The van der Waals surface area contributed by atoms with Gasteiger partial charge in [0.2, 0.25) is 0 Å². The molecule has 0 amide bonds. The van der Waals surface area contributed by atoms with E-state index in [9.17, 15) is 4.79 Å². The number of nitrogens with one attached hydrogen (secondary N) is 1. The van der Waals surface area contributed by atoms with Crippen LogP contribution in [0.1, 0.15) is 31.1 Å². The summed E-state index contributed by atoms with van der Waals surface area (Å²) in [6, 6.07) is 5.25. The fourth-order valence-corrected chi connectivity index (χ4v) is 1.26. The standard InChI is InChI=1S/C12H18N2O2/c1-7(2)8(3)14-9-4-5-11(13)10(6-9)12(15)16/h4-8,14H,13H2,1-3H3,(H,15,16). The van der Waals surface area contributed by atoms with Gasteiger partial charge in [-0.1, -0.05) is 13.8 Å². The van der Waals surface area contributed by atoms with Gasteiger partial charge in [-0.2, -0.15) is 0 Å². The number of carbonyl (C=O) groups is 1. The summed E-state index contributed by atoms with van der Waals surface area (Å²) in [5, 5.41) is 12.2. The number of rotatable bonds is 4. The fourth-order valence-electron chi connectivity index (χ4n) is 1.26. The molecule has 4 heteroatoms. The Morgan fingerprint density at radius 3 is 2.50 bits per heavy atom. The van der Waals surface area contributed by atoms with Crippen molar-refractivity contribution in [3.05, 3.63) is 23.8 Å². The molecule has 0 aromatic heterocycles. The van der Waals surface area contributed by atoms with Crippen molar-refractivity contribution < 1.29 is 9.90 Å². The van der Waals surface area contributed by atoms with Crippen molar-refractivity contribution in [1.29, 1.82) is 0 Å². The average molecular weight is 222 g/mol. The maximum atomic E-state index is 10.9. The summed E-state index contributed by atoms with van der Waals surface area (Å²) in [5.41, 5.74) is 6.78. The molecule has 0 heterocycles. The topological polar surface area (TPSA) is 75.3 Å². The predicted molar refractivity (Wildman–Crippen MR) is 65.7 cm³/mol. The molecule has 4 N–H and O–H groups in total. The first-order valence-electron chi connectivity index (χ1n) is 5.31. The highest BCUT2D eigenvalue weighted by atomic mass is 16.4. The van der Waals surface area contributed by atoms with Gasteiger partial charge in [0.25, 0.3) is 0 Å². The lowest BCUT2D eigenvalue weighted by molar-refractivity contribution is 0.0698. The summed E-state index contributed by atoms with van der Waals surface area (Å²) in [7, 11) is 0. The molecule has 0 aliphatic heterocycles. The molecule has 16 heavy (non-hydrogen) atoms. The lowest BCUT2D eigenvalue weighted by Crippen LogP contribution is -2.21. The lowest BCUT2D eigenvalue weighted by atomic mass is 10.1. The van der Waals surface area contributed by atoms with Gasteiger partial charge in [0.1, 0.15) is 0 Å². The van der Waals surface area contributed by atoms with Crippen LogP contribution in [0.5, 0.6) is 0 Å². The van der Waals surface area contributed by atoms with Crippen molar-refractivity contribution in [3.8, 4) is 0 Å². The Morgan fingerprint density at radius 2 is 2.00 bits per heavy atom. The van der Waals surface area contributed by atoms with Crippen LogP contribution in [-0.4, -0.2) is 17.1 Å². The van der Waals surface area contributed by atoms with Crippen LogP contribution in [0.15, 0.2) is 18.2 Å². The van der Waals surface area contributed by atoms with E-state index in [1.165, 1.54) is 0 Å². The first-order valence-corrected chi connectivity index (χ1v) is 5.31. The van der Waals surface area contributed by atoms with Crippen molar-refractivity contribution in [3.63, 3.8) is 0 Å². The third kappa shape index (κ3) is 2.89. The molecule has 1 aromatic carbocycles. The molecule has 0 spiro atoms. The molecule has 0 saturated carbocycles. The van der Waals surface area contributed by atoms with Gasteiger partial charge in [-0.15, -0.1) is 0 Å². The van der Waals surface area contributed by atoms with Crippen LogP contribution in [0.2, 0.25) is 0 Å². The van der Waals surface area contributed by atoms with E-state index in [0.717, 1.165) is 5.69 Å². The van der Waals surface area contributed by atoms with Crippen molar-refractivity contribution in [2.45, 2.75) is 26.8 Å². The molecular formula is C12H18N2O2. The van der Waals surface area contributed by atoms with Crippen LogP contribution >= 0.6 is 0 Å². The van der Waals surface area contributed by atoms with E-state index in [2.05, 4.69) is 26.1 Å². The molecule has 0 aliphatic carbocycles. The summed E-state index contributed by atoms with van der Waals surface area (Å²) in [6.45, 7) is 6.27. The molecule has 88 valence electrons. The van der Waals surface area contributed by atoms with Gasteiger partial charge in [-0.25, -0.2) is 4.79 Å². The normalized spacial score (nSPS) is 12.5. The van der Waals surface area contributed by atoms with Gasteiger partial charge in [0.05, 0.1) is 5.56 Å². The van der Waals surface area contributed by atoms with Crippen LogP contribution in [0, 0.1) is 5.92 Å². The van der Waals surface area contributed by atoms with E-state index >= 15 is 0 Å². The van der Waals surface area contributed by atoms with E-state index in [0.29, 0.717) is 5.92 Å². The largest absolute Gasteiger partial charge is 0.478 e. The highest BCUT2D eigenvalue weighted by Crippen LogP contribution is 2.19. The molecule has 4 nitrogen and oxygen atoms in total. The van der Waals surface area contributed by atoms with E-state index < -0.39 is 5.97 Å². The summed E-state index contributed by atoms with van der Waals surface area (Å²) >= 11 is 0. The highest BCUT2D eigenvalue weighted by Gasteiger charge is 2.11. The molecule has 1 atom stereocenters. The van der Waals surface area contributed by atoms with E-state index in [4.69, 9.17) is 10.8 Å². The zero-order chi connectivity index (χ0) is 12.3. The molecule has 0 radical (unpaired) electrons. The second-order valence-electron chi connectivity index (χ2n) is 4.28. The molecule has 0 saturated heterocycles. The monoisotopic (exact) mass is 222 g/mol. The van der Waals surface area contributed by atoms with Crippen molar-refractivity contribution in [2.75, 3.05) is 11.1 Å². The van der Waals surface area contributed by atoms with Gasteiger partial charge < -0.3 is 16.2 Å². The van der Waals surface area contributed by atoms with E-state index in [-0.39, 0.29) is 17.3 Å². The Hall–Kier alpha value is -1.71. The second kappa shape index (κ2) is 4.88. The number of anilines is 2. The Kier molecular flexibility index (Phi) is 3.77. The van der Waals surface area contributed by atoms with Gasteiger partial charge in [-0.05, 0) is 31.0 Å². The average Bonchev–Trinajstić information content (AvgIpc) is 2.20. The predicted octanol–water partition coefficient (Wildman–Crippen LogP) is 2.42. The second-order valence-corrected chi connectivity index (χ2v) is 4.28. The Morgan fingerprint density at radius 1 is 1.38 bits per heavy atom. The first-order chi connectivity index (χ1) is 7.41. The van der Waals surface area contributed by atoms with E-state index in [1.54, 1.807) is 18.2 Å². The minimum Gasteiger partial charge on any atom is -0.478 e. The van der Waals surface area contributed by atoms with Gasteiger partial charge >= 0.3 is 5.97 Å². The summed E-state index contributed by atoms with van der Waals surface area (Å²) < 4.78 is 0. The maximum absolute atomic E-state index is 10.9. The Balaban J connectivity index is 2.91. The Bertz CT molecular complexity index is 389. The van der Waals surface area contributed by atoms with E-state index in [1.807, 2.05) is 0 Å². The number of nitrogens with two attached hydrogens (primary N) is 1. The number of hydrogen-bond acceptors (Lipinski definition) is 3. The fraction of sp³-hybridized carbons (Fsp3) is 0.417. The van der Waals surface area contributed by atoms with Crippen LogP contribution in [0.4, 0.5) is 11.4 Å². The van der Waals surface area contributed by atoms with Gasteiger partial charge in [0, 0.05) is 17.4 Å². The molecular weight excluding hydrogens is 204 g/mol. The number of carboxylic acid groups (broad SMARTS) is 1. The smallest absolute Gasteiger partial charge is 0.337 e. The van der Waals surface area contributed by atoms with Crippen LogP contribution < -0.4 is 11.1 Å². The number of hydrogen-bond donors (Lipinski definition) is 3. The van der Waals surface area contributed by atoms with Gasteiger partial charge in [0.15, 0.2) is 0 Å². The molecule has 1 unspecified atom stereocenters. The van der Waals surface area contributed by atoms with Crippen molar-refractivity contribution in [2.24, 2.45) is 5.92 Å². The molecule has 1 aromatic rings. The van der Waals surface area contributed by atoms with Crippen LogP contribution in [0.25, 0.3) is 0 Å². The first kappa shape index (κ1) is 12.4. The number of nitrogen functional groups attached to an aromatic ring is 1. The summed E-state index contributed by atoms with van der Waals surface area (Å²) in [5.74, 6) is -0.524. The zero-order valence-electron chi connectivity index (χ0n) is 9.82. The lowest BCUT2D eigenvalue weighted by Gasteiger charge is -2.19. The molecule has 1 rings (SSSR count). The van der Waals surface area contributed by atoms with Crippen molar-refractivity contribution >= 4 is 17.3 Å². The van der Waals surface area contributed by atoms with Crippen LogP contribution in [0.3, 0.4) is 0 Å². The minimum atomic E-state index is -1.00. The summed E-state index contributed by atoms with van der Waals surface area (Å²) in [6.07, 6.45) is 0. The molecule has 0 bridgehead atoms. The molecule has 0 aliphatic rings. The quantitative estimate of drug-likeness (QED) is 0.684. The third-order valence-corrected chi connectivity index (χ3v) is 2.68. The zero-order valence-corrected chi connectivity index (χ0v) is 9.82. The Labute approximate surface area is 95.5 Å². The van der Waals surface area contributed by atoms with Gasteiger partial charge in [-0.3, -0.25) is 0 Å². The SMILES string of the molecule is CC(C)C(C)Nc1ccc(N)c(C(=O)O)c1. The third-order valence-electron chi connectivity index (χ3n) is 2.68. The minimum absolute atomic E-state index is 0.140. The van der Waals surface area contributed by atoms with Crippen molar-refractivity contribution in [1.82, 2.24) is 0 Å².